The fraction of sp³-hybridized carbons (Fsp3) is 0.300. The van der Waals surface area contributed by atoms with Gasteiger partial charge >= 0.3 is 5.97 Å². The molecule has 0 aliphatic heterocycles. The van der Waals surface area contributed by atoms with Crippen molar-refractivity contribution in [2.24, 2.45) is 5.73 Å². The van der Waals surface area contributed by atoms with Gasteiger partial charge in [0.05, 0.1) is 0 Å². The zero-order valence-electron chi connectivity index (χ0n) is 8.80. The molecule has 0 aromatic carbocycles. The quantitative estimate of drug-likeness (QED) is 0.640. The van der Waals surface area contributed by atoms with E-state index in [2.05, 4.69) is 10.3 Å². The third-order valence-electron chi connectivity index (χ3n) is 2.02. The molecule has 0 aliphatic carbocycles. The maximum Gasteiger partial charge on any atom is 0.322 e. The second-order valence-electron chi connectivity index (χ2n) is 3.32. The molecule has 0 radical (unpaired) electrons. The molecule has 1 rings (SSSR count). The molecule has 16 heavy (non-hydrogen) atoms. The first kappa shape index (κ1) is 12.1. The maximum absolute atomic E-state index is 11.6. The molecule has 0 fully saturated rings. The fourth-order valence-electron chi connectivity index (χ4n) is 1.10. The minimum absolute atomic E-state index is 0.121. The van der Waals surface area contributed by atoms with Crippen molar-refractivity contribution in [3.05, 3.63) is 29.6 Å². The van der Waals surface area contributed by atoms with Gasteiger partial charge < -0.3 is 16.2 Å². The number of nitrogens with two attached hydrogens (primary N) is 1. The summed E-state index contributed by atoms with van der Waals surface area (Å²) in [5, 5.41) is 10.9. The lowest BCUT2D eigenvalue weighted by atomic mass is 10.2. The molecule has 0 saturated carbocycles. The number of carboxylic acids is 1. The van der Waals surface area contributed by atoms with Crippen LogP contribution in [0.25, 0.3) is 0 Å². The van der Waals surface area contributed by atoms with Crippen molar-refractivity contribution in [1.82, 2.24) is 10.3 Å². The smallest absolute Gasteiger partial charge is 0.322 e. The van der Waals surface area contributed by atoms with Crippen LogP contribution in [0.2, 0.25) is 0 Å². The van der Waals surface area contributed by atoms with E-state index in [1.165, 1.54) is 6.20 Å². The van der Waals surface area contributed by atoms with Crippen molar-refractivity contribution in [2.75, 3.05) is 6.54 Å². The largest absolute Gasteiger partial charge is 0.480 e. The standard InChI is InChI=1S/C10H13N3O3/c1-6-3-2-4-12-8(6)9(14)13-5-7(11)10(15)16/h2-4,7H,5,11H2,1H3,(H,13,14)(H,15,16)/t7-/m0/s1. The summed E-state index contributed by atoms with van der Waals surface area (Å²) in [4.78, 5) is 25.9. The molecule has 0 unspecified atom stereocenters. The Balaban J connectivity index is 2.60. The number of carbonyl (C=O) groups excluding carboxylic acids is 1. The number of rotatable bonds is 4. The lowest BCUT2D eigenvalue weighted by molar-refractivity contribution is -0.138. The van der Waals surface area contributed by atoms with E-state index >= 15 is 0 Å². The zero-order valence-corrected chi connectivity index (χ0v) is 8.80. The number of hydrogen-bond acceptors (Lipinski definition) is 4. The van der Waals surface area contributed by atoms with Gasteiger partial charge in [0.2, 0.25) is 0 Å². The SMILES string of the molecule is Cc1cccnc1C(=O)NC[C@H](N)C(=O)O. The number of aliphatic carboxylic acids is 1. The number of pyridine rings is 1. The van der Waals surface area contributed by atoms with Crippen molar-refractivity contribution in [3.63, 3.8) is 0 Å². The highest BCUT2D eigenvalue weighted by molar-refractivity contribution is 5.93. The van der Waals surface area contributed by atoms with Crippen LogP contribution in [-0.2, 0) is 4.79 Å². The van der Waals surface area contributed by atoms with Gasteiger partial charge in [-0.25, -0.2) is 0 Å². The van der Waals surface area contributed by atoms with Crippen LogP contribution >= 0.6 is 0 Å². The Kier molecular flexibility index (Phi) is 3.96. The van der Waals surface area contributed by atoms with E-state index in [1.807, 2.05) is 0 Å². The number of nitrogens with zero attached hydrogens (tertiary/aromatic N) is 1. The molecule has 1 aromatic heterocycles. The van der Waals surface area contributed by atoms with Crippen LogP contribution < -0.4 is 11.1 Å². The van der Waals surface area contributed by atoms with Gasteiger partial charge in [0.1, 0.15) is 11.7 Å². The summed E-state index contributed by atoms with van der Waals surface area (Å²) < 4.78 is 0. The number of aromatic nitrogens is 1. The summed E-state index contributed by atoms with van der Waals surface area (Å²) in [5.41, 5.74) is 6.25. The third kappa shape index (κ3) is 3.03. The molecular formula is C10H13N3O3. The molecule has 6 nitrogen and oxygen atoms in total. The van der Waals surface area contributed by atoms with Gasteiger partial charge in [0, 0.05) is 12.7 Å². The van der Waals surface area contributed by atoms with Gasteiger partial charge in [-0.1, -0.05) is 6.07 Å². The topological polar surface area (TPSA) is 105 Å². The van der Waals surface area contributed by atoms with E-state index < -0.39 is 17.9 Å². The average Bonchev–Trinajstić information content (AvgIpc) is 2.25. The van der Waals surface area contributed by atoms with E-state index in [0.717, 1.165) is 5.56 Å². The summed E-state index contributed by atoms with van der Waals surface area (Å²) in [7, 11) is 0. The molecule has 0 bridgehead atoms. The molecule has 1 heterocycles. The first-order chi connectivity index (χ1) is 7.52. The number of carbonyl (C=O) groups is 2. The molecule has 6 heteroatoms. The van der Waals surface area contributed by atoms with E-state index in [-0.39, 0.29) is 12.2 Å². The van der Waals surface area contributed by atoms with Crippen LogP contribution in [0.1, 0.15) is 16.1 Å². The lowest BCUT2D eigenvalue weighted by Crippen LogP contribution is -2.42. The van der Waals surface area contributed by atoms with Gasteiger partial charge in [-0.2, -0.15) is 0 Å². The van der Waals surface area contributed by atoms with Crippen molar-refractivity contribution < 1.29 is 14.7 Å². The second kappa shape index (κ2) is 5.22. The molecule has 86 valence electrons. The van der Waals surface area contributed by atoms with Crippen LogP contribution in [-0.4, -0.2) is 34.6 Å². The molecule has 0 spiro atoms. The van der Waals surface area contributed by atoms with Gasteiger partial charge in [0.25, 0.3) is 5.91 Å². The number of nitrogens with one attached hydrogen (secondary N) is 1. The summed E-state index contributed by atoms with van der Waals surface area (Å²) in [6, 6.07) is 2.36. The van der Waals surface area contributed by atoms with E-state index in [9.17, 15) is 9.59 Å². The first-order valence-electron chi connectivity index (χ1n) is 4.70. The molecule has 1 aromatic rings. The van der Waals surface area contributed by atoms with Crippen LogP contribution in [0.5, 0.6) is 0 Å². The van der Waals surface area contributed by atoms with Crippen LogP contribution in [0, 0.1) is 6.92 Å². The number of amides is 1. The van der Waals surface area contributed by atoms with Gasteiger partial charge in [-0.05, 0) is 18.6 Å². The van der Waals surface area contributed by atoms with Crippen molar-refractivity contribution >= 4 is 11.9 Å². The Bertz CT molecular complexity index is 406. The molecule has 1 amide bonds. The Labute approximate surface area is 92.5 Å². The number of aryl methyl sites for hydroxylation is 1. The fourth-order valence-corrected chi connectivity index (χ4v) is 1.10. The minimum atomic E-state index is -1.15. The predicted molar refractivity (Wildman–Crippen MR) is 56.9 cm³/mol. The Morgan fingerprint density at radius 1 is 1.62 bits per heavy atom. The maximum atomic E-state index is 11.6. The Hall–Kier alpha value is -1.95. The summed E-state index contributed by atoms with van der Waals surface area (Å²) in [5.74, 6) is -1.58. The molecule has 0 aliphatic rings. The van der Waals surface area contributed by atoms with Crippen LogP contribution in [0.3, 0.4) is 0 Å². The average molecular weight is 223 g/mol. The lowest BCUT2D eigenvalue weighted by Gasteiger charge is -2.09. The minimum Gasteiger partial charge on any atom is -0.480 e. The number of carboxylic acid groups (broad SMARTS) is 1. The zero-order chi connectivity index (χ0) is 12.1. The van der Waals surface area contributed by atoms with Crippen molar-refractivity contribution in [1.29, 1.82) is 0 Å². The Morgan fingerprint density at radius 3 is 2.88 bits per heavy atom. The van der Waals surface area contributed by atoms with Gasteiger partial charge in [-0.3, -0.25) is 14.6 Å². The third-order valence-corrected chi connectivity index (χ3v) is 2.02. The predicted octanol–water partition coefficient (Wildman–Crippen LogP) is -0.468. The highest BCUT2D eigenvalue weighted by Gasteiger charge is 2.15. The Morgan fingerprint density at radius 2 is 2.31 bits per heavy atom. The first-order valence-corrected chi connectivity index (χ1v) is 4.70. The summed E-state index contributed by atoms with van der Waals surface area (Å²) in [6.45, 7) is 1.63. The monoisotopic (exact) mass is 223 g/mol. The molecule has 0 saturated heterocycles. The number of hydrogen-bond donors (Lipinski definition) is 3. The highest BCUT2D eigenvalue weighted by Crippen LogP contribution is 2.02. The van der Waals surface area contributed by atoms with Gasteiger partial charge in [0.15, 0.2) is 0 Å². The highest BCUT2D eigenvalue weighted by atomic mass is 16.4. The van der Waals surface area contributed by atoms with E-state index in [4.69, 9.17) is 10.8 Å². The van der Waals surface area contributed by atoms with Crippen molar-refractivity contribution in [2.45, 2.75) is 13.0 Å². The molecule has 4 N–H and O–H groups in total. The summed E-state index contributed by atoms with van der Waals surface area (Å²) >= 11 is 0. The van der Waals surface area contributed by atoms with Crippen LogP contribution in [0.15, 0.2) is 18.3 Å². The van der Waals surface area contributed by atoms with E-state index in [1.54, 1.807) is 19.1 Å². The van der Waals surface area contributed by atoms with Crippen molar-refractivity contribution in [3.8, 4) is 0 Å². The van der Waals surface area contributed by atoms with Crippen LogP contribution in [0.4, 0.5) is 0 Å². The van der Waals surface area contributed by atoms with E-state index in [0.29, 0.717) is 0 Å². The van der Waals surface area contributed by atoms with Gasteiger partial charge in [-0.15, -0.1) is 0 Å². The summed E-state index contributed by atoms with van der Waals surface area (Å²) in [6.07, 6.45) is 1.50. The molecular weight excluding hydrogens is 210 g/mol. The second-order valence-corrected chi connectivity index (χ2v) is 3.32. The molecule has 1 atom stereocenters. The normalized spacial score (nSPS) is 11.9.